The Hall–Kier alpha value is -2.02. The van der Waals surface area contributed by atoms with Gasteiger partial charge in [0.25, 0.3) is 0 Å². The number of hydrogen-bond acceptors (Lipinski definition) is 6. The van der Waals surface area contributed by atoms with E-state index in [9.17, 15) is 0 Å². The molecule has 6 rings (SSSR count). The standard InChI is InChI=1S/C21H26N6S/c1-12(20-26-25-16-8-4-5-11-27(16)20)22-19-17-14-6-2-3-7-15(14)28-21(17)24-18(23-19)13-9-10-13/h12-13H,2-11H2,1H3,(H,22,23,24). The maximum atomic E-state index is 5.03. The van der Waals surface area contributed by atoms with Gasteiger partial charge in [-0.3, -0.25) is 0 Å². The van der Waals surface area contributed by atoms with E-state index in [2.05, 4.69) is 27.0 Å². The monoisotopic (exact) mass is 394 g/mol. The highest BCUT2D eigenvalue weighted by Crippen LogP contribution is 2.43. The molecule has 4 heterocycles. The van der Waals surface area contributed by atoms with Crippen LogP contribution in [0.4, 0.5) is 5.82 Å². The van der Waals surface area contributed by atoms with Crippen molar-refractivity contribution in [2.24, 2.45) is 0 Å². The number of rotatable bonds is 4. The zero-order valence-electron chi connectivity index (χ0n) is 16.4. The van der Waals surface area contributed by atoms with Crippen LogP contribution >= 0.6 is 11.3 Å². The van der Waals surface area contributed by atoms with Crippen LogP contribution in [-0.2, 0) is 25.8 Å². The van der Waals surface area contributed by atoms with Crippen LogP contribution in [0, 0.1) is 0 Å². The molecule has 6 nitrogen and oxygen atoms in total. The molecule has 7 heteroatoms. The molecule has 3 aromatic heterocycles. The molecule has 1 N–H and O–H groups in total. The molecular formula is C21H26N6S. The van der Waals surface area contributed by atoms with Gasteiger partial charge < -0.3 is 9.88 Å². The first kappa shape index (κ1) is 16.9. The summed E-state index contributed by atoms with van der Waals surface area (Å²) in [6.45, 7) is 3.22. The Morgan fingerprint density at radius 2 is 1.89 bits per heavy atom. The number of aryl methyl sites for hydroxylation is 3. The van der Waals surface area contributed by atoms with Crippen LogP contribution in [0.2, 0.25) is 0 Å². The first-order valence-corrected chi connectivity index (χ1v) is 11.6. The van der Waals surface area contributed by atoms with Crippen LogP contribution in [0.5, 0.6) is 0 Å². The SMILES string of the molecule is CC(Nc1nc(C2CC2)nc2sc3c(c12)CCCC3)c1nnc2n1CCCC2. The van der Waals surface area contributed by atoms with Crippen LogP contribution in [0.3, 0.4) is 0 Å². The highest BCUT2D eigenvalue weighted by atomic mass is 32.1. The molecule has 1 aliphatic heterocycles. The smallest absolute Gasteiger partial charge is 0.155 e. The summed E-state index contributed by atoms with van der Waals surface area (Å²) in [6.07, 6.45) is 10.9. The quantitative estimate of drug-likeness (QED) is 0.703. The summed E-state index contributed by atoms with van der Waals surface area (Å²) in [5, 5.41) is 14.0. The van der Waals surface area contributed by atoms with E-state index in [0.29, 0.717) is 5.92 Å². The van der Waals surface area contributed by atoms with Gasteiger partial charge in [-0.1, -0.05) is 0 Å². The Morgan fingerprint density at radius 1 is 1.04 bits per heavy atom. The van der Waals surface area contributed by atoms with Gasteiger partial charge in [0, 0.05) is 23.8 Å². The van der Waals surface area contributed by atoms with Gasteiger partial charge in [0.2, 0.25) is 0 Å². The average molecular weight is 395 g/mol. The summed E-state index contributed by atoms with van der Waals surface area (Å²) in [5.41, 5.74) is 1.49. The molecule has 0 amide bonds. The minimum absolute atomic E-state index is 0.0867. The lowest BCUT2D eigenvalue weighted by Gasteiger charge is -2.20. The summed E-state index contributed by atoms with van der Waals surface area (Å²) >= 11 is 1.90. The molecule has 1 fully saturated rings. The molecular weight excluding hydrogens is 368 g/mol. The Balaban J connectivity index is 1.42. The summed E-state index contributed by atoms with van der Waals surface area (Å²) in [7, 11) is 0. The van der Waals surface area contributed by atoms with Crippen LogP contribution in [0.15, 0.2) is 0 Å². The molecule has 28 heavy (non-hydrogen) atoms. The number of anilines is 1. The zero-order chi connectivity index (χ0) is 18.7. The van der Waals surface area contributed by atoms with Gasteiger partial charge in [-0.2, -0.15) is 0 Å². The van der Waals surface area contributed by atoms with Crippen molar-refractivity contribution in [3.63, 3.8) is 0 Å². The Bertz CT molecular complexity index is 1050. The Kier molecular flexibility index (Phi) is 3.93. The van der Waals surface area contributed by atoms with E-state index in [0.717, 1.165) is 42.7 Å². The van der Waals surface area contributed by atoms with Crippen molar-refractivity contribution in [3.05, 3.63) is 27.9 Å². The lowest BCUT2D eigenvalue weighted by atomic mass is 9.97. The van der Waals surface area contributed by atoms with E-state index in [1.807, 2.05) is 11.3 Å². The van der Waals surface area contributed by atoms with Crippen molar-refractivity contribution in [1.29, 1.82) is 0 Å². The van der Waals surface area contributed by atoms with E-state index in [1.165, 1.54) is 65.6 Å². The molecule has 0 bridgehead atoms. The number of thiophene rings is 1. The molecule has 1 saturated carbocycles. The molecule has 2 aliphatic carbocycles. The van der Waals surface area contributed by atoms with Gasteiger partial charge in [-0.05, 0) is 63.9 Å². The minimum Gasteiger partial charge on any atom is -0.360 e. The van der Waals surface area contributed by atoms with Gasteiger partial charge in [0.1, 0.15) is 22.3 Å². The molecule has 0 spiro atoms. The number of nitrogens with zero attached hydrogens (tertiary/aromatic N) is 5. The second kappa shape index (κ2) is 6.51. The molecule has 0 aromatic carbocycles. The summed E-state index contributed by atoms with van der Waals surface area (Å²) in [5.74, 6) is 4.78. The summed E-state index contributed by atoms with van der Waals surface area (Å²) < 4.78 is 2.31. The van der Waals surface area contributed by atoms with Crippen LogP contribution in [-0.4, -0.2) is 24.7 Å². The van der Waals surface area contributed by atoms with E-state index < -0.39 is 0 Å². The summed E-state index contributed by atoms with van der Waals surface area (Å²) in [4.78, 5) is 12.7. The molecule has 1 atom stereocenters. The van der Waals surface area contributed by atoms with Gasteiger partial charge in [-0.25, -0.2) is 9.97 Å². The second-order valence-corrected chi connectivity index (χ2v) is 9.63. The van der Waals surface area contributed by atoms with Gasteiger partial charge >= 0.3 is 0 Å². The predicted octanol–water partition coefficient (Wildman–Crippen LogP) is 4.55. The van der Waals surface area contributed by atoms with Crippen molar-refractivity contribution in [3.8, 4) is 0 Å². The van der Waals surface area contributed by atoms with E-state index in [-0.39, 0.29) is 6.04 Å². The van der Waals surface area contributed by atoms with Crippen molar-refractivity contribution < 1.29 is 0 Å². The number of fused-ring (bicyclic) bond motifs is 4. The van der Waals surface area contributed by atoms with Gasteiger partial charge in [0.05, 0.1) is 11.4 Å². The van der Waals surface area contributed by atoms with Crippen LogP contribution in [0.25, 0.3) is 10.2 Å². The molecule has 3 aromatic rings. The predicted molar refractivity (Wildman–Crippen MR) is 111 cm³/mol. The first-order valence-electron chi connectivity index (χ1n) is 10.8. The largest absolute Gasteiger partial charge is 0.360 e. The number of hydrogen-bond donors (Lipinski definition) is 1. The number of nitrogens with one attached hydrogen (secondary N) is 1. The van der Waals surface area contributed by atoms with Gasteiger partial charge in [-0.15, -0.1) is 21.5 Å². The molecule has 3 aliphatic rings. The van der Waals surface area contributed by atoms with E-state index in [4.69, 9.17) is 9.97 Å². The maximum absolute atomic E-state index is 5.03. The van der Waals surface area contributed by atoms with Crippen LogP contribution < -0.4 is 5.32 Å². The van der Waals surface area contributed by atoms with Crippen LogP contribution in [0.1, 0.15) is 85.3 Å². The summed E-state index contributed by atoms with van der Waals surface area (Å²) in [6, 6.07) is 0.0867. The van der Waals surface area contributed by atoms with Crippen molar-refractivity contribution >= 4 is 27.4 Å². The van der Waals surface area contributed by atoms with Crippen molar-refractivity contribution in [2.75, 3.05) is 5.32 Å². The molecule has 146 valence electrons. The Morgan fingerprint density at radius 3 is 2.79 bits per heavy atom. The van der Waals surface area contributed by atoms with E-state index >= 15 is 0 Å². The van der Waals surface area contributed by atoms with Crippen molar-refractivity contribution in [1.82, 2.24) is 24.7 Å². The van der Waals surface area contributed by atoms with Gasteiger partial charge in [0.15, 0.2) is 5.82 Å². The number of aromatic nitrogens is 5. The average Bonchev–Trinajstić information content (AvgIpc) is 3.36. The fraction of sp³-hybridized carbons (Fsp3) is 0.619. The van der Waals surface area contributed by atoms with Crippen molar-refractivity contribution in [2.45, 2.75) is 83.2 Å². The molecule has 0 saturated heterocycles. The molecule has 1 unspecified atom stereocenters. The third-order valence-corrected chi connectivity index (χ3v) is 7.59. The van der Waals surface area contributed by atoms with E-state index in [1.54, 1.807) is 0 Å². The normalized spacial score (nSPS) is 20.0. The third-order valence-electron chi connectivity index (χ3n) is 6.40. The molecule has 0 radical (unpaired) electrons. The fourth-order valence-electron chi connectivity index (χ4n) is 4.72. The lowest BCUT2D eigenvalue weighted by molar-refractivity contribution is 0.500. The maximum Gasteiger partial charge on any atom is 0.155 e. The topological polar surface area (TPSA) is 68.5 Å². The highest BCUT2D eigenvalue weighted by Gasteiger charge is 2.30. The first-order chi connectivity index (χ1) is 13.8. The third kappa shape index (κ3) is 2.74. The fourth-order valence-corrected chi connectivity index (χ4v) is 5.99. The lowest BCUT2D eigenvalue weighted by Crippen LogP contribution is -2.19. The Labute approximate surface area is 168 Å². The second-order valence-electron chi connectivity index (χ2n) is 8.54. The zero-order valence-corrected chi connectivity index (χ0v) is 17.2. The highest BCUT2D eigenvalue weighted by molar-refractivity contribution is 7.19. The minimum atomic E-state index is 0.0867.